The van der Waals surface area contributed by atoms with Gasteiger partial charge in [-0.05, 0) is 26.7 Å². The first-order valence-electron chi connectivity index (χ1n) is 6.79. The van der Waals surface area contributed by atoms with Crippen molar-refractivity contribution in [3.8, 4) is 0 Å². The molecule has 0 aliphatic rings. The third-order valence-electron chi connectivity index (χ3n) is 2.79. The number of amides is 2. The van der Waals surface area contributed by atoms with Gasteiger partial charge in [-0.2, -0.15) is 0 Å². The van der Waals surface area contributed by atoms with Crippen LogP contribution < -0.4 is 27.8 Å². The zero-order valence-corrected chi connectivity index (χ0v) is 12.7. The third kappa shape index (κ3) is 8.04. The molecule has 0 heterocycles. The average molecular weight is 316 g/mol. The molecule has 3 unspecified atom stereocenters. The zero-order valence-electron chi connectivity index (χ0n) is 12.7. The lowest BCUT2D eigenvalue weighted by atomic mass is 10.1. The first-order chi connectivity index (χ1) is 10.1. The molecule has 0 aromatic carbocycles. The van der Waals surface area contributed by atoms with Crippen LogP contribution in [0.4, 0.5) is 0 Å². The van der Waals surface area contributed by atoms with Gasteiger partial charge in [0, 0.05) is 6.54 Å². The van der Waals surface area contributed by atoms with Gasteiger partial charge in [0.25, 0.3) is 0 Å². The molecule has 10 heteroatoms. The average Bonchev–Trinajstić information content (AvgIpc) is 2.42. The Bertz CT molecular complexity index is 435. The highest BCUT2D eigenvalue weighted by molar-refractivity contribution is 5.91. The van der Waals surface area contributed by atoms with Crippen molar-refractivity contribution in [1.29, 1.82) is 0 Å². The van der Waals surface area contributed by atoms with E-state index in [0.29, 0.717) is 19.4 Å². The van der Waals surface area contributed by atoms with Crippen LogP contribution in [0.5, 0.6) is 0 Å². The molecule has 0 spiro atoms. The number of hydrogen-bond donors (Lipinski definition) is 6. The number of aliphatic carboxylic acids is 1. The van der Waals surface area contributed by atoms with E-state index in [0.717, 1.165) is 0 Å². The van der Waals surface area contributed by atoms with E-state index in [9.17, 15) is 14.4 Å². The quantitative estimate of drug-likeness (QED) is 0.153. The number of carboxylic acid groups (broad SMARTS) is 1. The first-order valence-corrected chi connectivity index (χ1v) is 6.79. The lowest BCUT2D eigenvalue weighted by Gasteiger charge is -2.18. The number of nitrogens with zero attached hydrogens (tertiary/aromatic N) is 1. The molecule has 0 radical (unpaired) electrons. The molecule has 0 aromatic rings. The maximum Gasteiger partial charge on any atom is 0.325 e. The molecule has 0 saturated heterocycles. The van der Waals surface area contributed by atoms with Crippen LogP contribution >= 0.6 is 0 Å². The molecule has 0 fully saturated rings. The summed E-state index contributed by atoms with van der Waals surface area (Å²) in [7, 11) is 0. The molecule has 0 saturated carbocycles. The largest absolute Gasteiger partial charge is 0.480 e. The molecular weight excluding hydrogens is 292 g/mol. The maximum absolute atomic E-state index is 11.8. The second-order valence-corrected chi connectivity index (χ2v) is 4.85. The van der Waals surface area contributed by atoms with Gasteiger partial charge in [-0.1, -0.05) is 0 Å². The second kappa shape index (κ2) is 9.55. The van der Waals surface area contributed by atoms with Crippen molar-refractivity contribution in [3.05, 3.63) is 0 Å². The number of carboxylic acids is 1. The Morgan fingerprint density at radius 1 is 1.09 bits per heavy atom. The maximum atomic E-state index is 11.8. The number of nitrogens with two attached hydrogens (primary N) is 3. The summed E-state index contributed by atoms with van der Waals surface area (Å²) >= 11 is 0. The van der Waals surface area contributed by atoms with Crippen molar-refractivity contribution in [2.45, 2.75) is 44.8 Å². The molecule has 0 aromatic heterocycles. The zero-order chi connectivity index (χ0) is 17.3. The smallest absolute Gasteiger partial charge is 0.325 e. The number of hydrogen-bond acceptors (Lipinski definition) is 5. The van der Waals surface area contributed by atoms with Crippen LogP contribution in [0.15, 0.2) is 4.99 Å². The highest BCUT2D eigenvalue weighted by Crippen LogP contribution is 1.97. The van der Waals surface area contributed by atoms with Crippen LogP contribution in [0, 0.1) is 0 Å². The standard InChI is InChI=1S/C12H24N6O4/c1-6(9(19)18-7(2)11(21)22)17-10(20)8(13)4-3-5-16-12(14)15/h6-8H,3-5,13H2,1-2H3,(H,17,20)(H,18,19)(H,21,22)(H4,14,15,16). The highest BCUT2D eigenvalue weighted by Gasteiger charge is 2.22. The van der Waals surface area contributed by atoms with Crippen LogP contribution in [0.1, 0.15) is 26.7 Å². The van der Waals surface area contributed by atoms with E-state index in [-0.39, 0.29) is 5.96 Å². The van der Waals surface area contributed by atoms with Gasteiger partial charge in [0.15, 0.2) is 5.96 Å². The lowest BCUT2D eigenvalue weighted by Crippen LogP contribution is -2.52. The Morgan fingerprint density at radius 3 is 2.14 bits per heavy atom. The monoisotopic (exact) mass is 316 g/mol. The third-order valence-corrected chi connectivity index (χ3v) is 2.79. The van der Waals surface area contributed by atoms with Crippen LogP contribution in [-0.4, -0.2) is 53.5 Å². The molecule has 9 N–H and O–H groups in total. The van der Waals surface area contributed by atoms with E-state index < -0.39 is 35.9 Å². The number of guanidine groups is 1. The van der Waals surface area contributed by atoms with Crippen molar-refractivity contribution in [2.24, 2.45) is 22.2 Å². The molecule has 0 aliphatic carbocycles. The molecule has 0 rings (SSSR count). The van der Waals surface area contributed by atoms with Crippen molar-refractivity contribution in [1.82, 2.24) is 10.6 Å². The van der Waals surface area contributed by atoms with Crippen LogP contribution in [0.3, 0.4) is 0 Å². The summed E-state index contributed by atoms with van der Waals surface area (Å²) in [5.74, 6) is -2.30. The minimum atomic E-state index is -1.16. The van der Waals surface area contributed by atoms with Crippen molar-refractivity contribution in [2.75, 3.05) is 6.54 Å². The molecule has 126 valence electrons. The number of carbonyl (C=O) groups is 3. The topological polar surface area (TPSA) is 186 Å². The van der Waals surface area contributed by atoms with E-state index in [2.05, 4.69) is 15.6 Å². The van der Waals surface area contributed by atoms with Gasteiger partial charge in [0.2, 0.25) is 11.8 Å². The normalized spacial score (nSPS) is 14.3. The Hall–Kier alpha value is -2.36. The van der Waals surface area contributed by atoms with Gasteiger partial charge >= 0.3 is 5.97 Å². The van der Waals surface area contributed by atoms with Crippen LogP contribution in [0.2, 0.25) is 0 Å². The highest BCUT2D eigenvalue weighted by atomic mass is 16.4. The summed E-state index contributed by atoms with van der Waals surface area (Å²) in [6.07, 6.45) is 0.867. The number of rotatable bonds is 9. The van der Waals surface area contributed by atoms with Gasteiger partial charge < -0.3 is 32.9 Å². The van der Waals surface area contributed by atoms with Crippen LogP contribution in [-0.2, 0) is 14.4 Å². The van der Waals surface area contributed by atoms with E-state index in [1.807, 2.05) is 0 Å². The summed E-state index contributed by atoms with van der Waals surface area (Å²) in [5.41, 5.74) is 16.0. The molecular formula is C12H24N6O4. The van der Waals surface area contributed by atoms with E-state index >= 15 is 0 Å². The van der Waals surface area contributed by atoms with E-state index in [4.69, 9.17) is 22.3 Å². The Balaban J connectivity index is 4.19. The number of aliphatic imine (C=N–C) groups is 1. The summed E-state index contributed by atoms with van der Waals surface area (Å²) in [6, 6.07) is -2.74. The number of carbonyl (C=O) groups excluding carboxylic acids is 2. The fourth-order valence-corrected chi connectivity index (χ4v) is 1.44. The predicted molar refractivity (Wildman–Crippen MR) is 80.7 cm³/mol. The SMILES string of the molecule is CC(NC(=O)C(C)NC(=O)C(N)CCCN=C(N)N)C(=O)O. The second-order valence-electron chi connectivity index (χ2n) is 4.85. The van der Waals surface area contributed by atoms with E-state index in [1.165, 1.54) is 13.8 Å². The van der Waals surface area contributed by atoms with Gasteiger partial charge in [-0.25, -0.2) is 0 Å². The van der Waals surface area contributed by atoms with Crippen LogP contribution in [0.25, 0.3) is 0 Å². The Morgan fingerprint density at radius 2 is 1.64 bits per heavy atom. The fraction of sp³-hybridized carbons (Fsp3) is 0.667. The van der Waals surface area contributed by atoms with E-state index in [1.54, 1.807) is 0 Å². The van der Waals surface area contributed by atoms with Crippen molar-refractivity contribution >= 4 is 23.7 Å². The number of nitrogens with one attached hydrogen (secondary N) is 2. The summed E-state index contributed by atoms with van der Waals surface area (Å²) in [4.78, 5) is 37.9. The minimum absolute atomic E-state index is 0.0316. The summed E-state index contributed by atoms with van der Waals surface area (Å²) < 4.78 is 0. The summed E-state index contributed by atoms with van der Waals surface area (Å²) in [6.45, 7) is 3.12. The van der Waals surface area contributed by atoms with Gasteiger partial charge in [-0.15, -0.1) is 0 Å². The molecule has 2 amide bonds. The van der Waals surface area contributed by atoms with Gasteiger partial charge in [0.05, 0.1) is 6.04 Å². The Kier molecular flexibility index (Phi) is 8.53. The minimum Gasteiger partial charge on any atom is -0.480 e. The predicted octanol–water partition coefficient (Wildman–Crippen LogP) is -2.54. The van der Waals surface area contributed by atoms with Gasteiger partial charge in [0.1, 0.15) is 12.1 Å². The molecule has 3 atom stereocenters. The molecule has 10 nitrogen and oxygen atoms in total. The first kappa shape index (κ1) is 19.6. The fourth-order valence-electron chi connectivity index (χ4n) is 1.44. The Labute approximate surface area is 128 Å². The molecule has 22 heavy (non-hydrogen) atoms. The molecule has 0 aliphatic heterocycles. The van der Waals surface area contributed by atoms with Gasteiger partial charge in [-0.3, -0.25) is 19.4 Å². The van der Waals surface area contributed by atoms with Crippen molar-refractivity contribution < 1.29 is 19.5 Å². The van der Waals surface area contributed by atoms with Crippen molar-refractivity contribution in [3.63, 3.8) is 0 Å². The summed E-state index contributed by atoms with van der Waals surface area (Å²) in [5, 5.41) is 13.4. The molecule has 0 bridgehead atoms. The lowest BCUT2D eigenvalue weighted by molar-refractivity contribution is -0.141.